The summed E-state index contributed by atoms with van der Waals surface area (Å²) in [5.74, 6) is 0. The van der Waals surface area contributed by atoms with Gasteiger partial charge in [-0.05, 0) is 6.92 Å². The third-order valence-electron chi connectivity index (χ3n) is 2.42. The van der Waals surface area contributed by atoms with Crippen molar-refractivity contribution >= 4 is 0 Å². The Bertz CT molecular complexity index is 325. The molecule has 1 aromatic rings. The van der Waals surface area contributed by atoms with E-state index in [1.165, 1.54) is 0 Å². The van der Waals surface area contributed by atoms with E-state index in [1.807, 2.05) is 17.8 Å². The van der Waals surface area contributed by atoms with Crippen LogP contribution in [-0.2, 0) is 12.0 Å². The molecule has 1 atom stereocenters. The second kappa shape index (κ2) is 4.33. The Balaban J connectivity index is 3.17. The Morgan fingerprint density at radius 1 is 1.53 bits per heavy atom. The molecule has 0 amide bonds. The number of aliphatic hydroxyl groups excluding tert-OH is 1. The smallest absolute Gasteiger partial charge is 0.0726 e. The second-order valence-corrected chi connectivity index (χ2v) is 4.83. The minimum atomic E-state index is -0.334. The molecule has 15 heavy (non-hydrogen) atoms. The molecule has 0 aliphatic heterocycles. The molecule has 0 aliphatic carbocycles. The zero-order valence-electron chi connectivity index (χ0n) is 9.99. The highest BCUT2D eigenvalue weighted by atomic mass is 16.3. The van der Waals surface area contributed by atoms with Crippen LogP contribution in [0.5, 0.6) is 0 Å². The molecule has 0 radical (unpaired) electrons. The van der Waals surface area contributed by atoms with Gasteiger partial charge in [-0.3, -0.25) is 4.68 Å². The van der Waals surface area contributed by atoms with Crippen LogP contribution >= 0.6 is 0 Å². The molecule has 0 saturated heterocycles. The third-order valence-corrected chi connectivity index (χ3v) is 2.42. The lowest BCUT2D eigenvalue weighted by Gasteiger charge is -2.19. The summed E-state index contributed by atoms with van der Waals surface area (Å²) in [6.45, 7) is 9.11. The van der Waals surface area contributed by atoms with Gasteiger partial charge >= 0.3 is 0 Å². The average molecular weight is 211 g/mol. The molecule has 0 spiro atoms. The van der Waals surface area contributed by atoms with Gasteiger partial charge in [0.25, 0.3) is 0 Å². The Morgan fingerprint density at radius 3 is 2.53 bits per heavy atom. The van der Waals surface area contributed by atoms with Gasteiger partial charge in [0, 0.05) is 23.7 Å². The van der Waals surface area contributed by atoms with Gasteiger partial charge in [-0.25, -0.2) is 0 Å². The van der Waals surface area contributed by atoms with Crippen LogP contribution in [0.25, 0.3) is 0 Å². The van der Waals surface area contributed by atoms with Crippen LogP contribution in [0.2, 0.25) is 0 Å². The summed E-state index contributed by atoms with van der Waals surface area (Å²) in [5, 5.41) is 13.6. The maximum atomic E-state index is 9.10. The first-order valence-electron chi connectivity index (χ1n) is 5.34. The molecule has 1 aromatic heterocycles. The average Bonchev–Trinajstić information content (AvgIpc) is 2.59. The number of aromatic nitrogens is 2. The fourth-order valence-corrected chi connectivity index (χ4v) is 1.55. The molecule has 1 heterocycles. The molecule has 0 aromatic carbocycles. The van der Waals surface area contributed by atoms with Crippen LogP contribution in [-0.4, -0.2) is 21.5 Å². The molecule has 1 rings (SSSR count). The van der Waals surface area contributed by atoms with E-state index in [9.17, 15) is 0 Å². The summed E-state index contributed by atoms with van der Waals surface area (Å²) < 4.78 is 1.87. The largest absolute Gasteiger partial charge is 0.394 e. The van der Waals surface area contributed by atoms with E-state index in [1.54, 1.807) is 0 Å². The summed E-state index contributed by atoms with van der Waals surface area (Å²) in [6, 6.07) is -0.334. The molecule has 0 aliphatic rings. The number of hydrogen-bond acceptors (Lipinski definition) is 3. The Hall–Kier alpha value is -0.870. The maximum Gasteiger partial charge on any atom is 0.0726 e. The van der Waals surface area contributed by atoms with E-state index in [-0.39, 0.29) is 18.1 Å². The second-order valence-electron chi connectivity index (χ2n) is 4.83. The van der Waals surface area contributed by atoms with Gasteiger partial charge in [0.05, 0.1) is 18.3 Å². The van der Waals surface area contributed by atoms with E-state index in [0.717, 1.165) is 17.8 Å². The van der Waals surface area contributed by atoms with Crippen LogP contribution in [0.4, 0.5) is 0 Å². The van der Waals surface area contributed by atoms with Crippen molar-refractivity contribution in [1.29, 1.82) is 0 Å². The van der Waals surface area contributed by atoms with Crippen LogP contribution in [0.3, 0.4) is 0 Å². The summed E-state index contributed by atoms with van der Waals surface area (Å²) >= 11 is 0. The monoisotopic (exact) mass is 211 g/mol. The lowest BCUT2D eigenvalue weighted by Crippen LogP contribution is -2.21. The fourth-order valence-electron chi connectivity index (χ4n) is 1.55. The molecule has 3 N–H and O–H groups in total. The number of nitrogens with two attached hydrogens (primary N) is 1. The summed E-state index contributed by atoms with van der Waals surface area (Å²) in [7, 11) is 0. The Labute approximate surface area is 91.1 Å². The van der Waals surface area contributed by atoms with E-state index >= 15 is 0 Å². The number of aliphatic hydroxyl groups is 1. The van der Waals surface area contributed by atoms with Gasteiger partial charge < -0.3 is 10.8 Å². The quantitative estimate of drug-likeness (QED) is 0.789. The van der Waals surface area contributed by atoms with Crippen molar-refractivity contribution in [3.63, 3.8) is 0 Å². The summed E-state index contributed by atoms with van der Waals surface area (Å²) in [6.07, 6.45) is 1.93. The van der Waals surface area contributed by atoms with Gasteiger partial charge in [0.15, 0.2) is 0 Å². The summed E-state index contributed by atoms with van der Waals surface area (Å²) in [5.41, 5.74) is 7.75. The van der Waals surface area contributed by atoms with Gasteiger partial charge in [0.1, 0.15) is 0 Å². The van der Waals surface area contributed by atoms with E-state index in [2.05, 4.69) is 25.9 Å². The van der Waals surface area contributed by atoms with Crippen LogP contribution in [0.1, 0.15) is 45.0 Å². The zero-order valence-corrected chi connectivity index (χ0v) is 9.99. The van der Waals surface area contributed by atoms with Gasteiger partial charge in [-0.15, -0.1) is 0 Å². The molecule has 0 fully saturated rings. The van der Waals surface area contributed by atoms with Crippen LogP contribution < -0.4 is 5.73 Å². The first-order chi connectivity index (χ1) is 6.90. The Kier molecular flexibility index (Phi) is 3.52. The molecule has 1 unspecified atom stereocenters. The first-order valence-corrected chi connectivity index (χ1v) is 5.34. The maximum absolute atomic E-state index is 9.10. The number of rotatable bonds is 3. The molecule has 0 bridgehead atoms. The van der Waals surface area contributed by atoms with Crippen molar-refractivity contribution in [2.75, 3.05) is 6.61 Å². The van der Waals surface area contributed by atoms with E-state index < -0.39 is 0 Å². The lowest BCUT2D eigenvalue weighted by atomic mass is 9.88. The van der Waals surface area contributed by atoms with Crippen LogP contribution in [0.15, 0.2) is 6.20 Å². The predicted octanol–water partition coefficient (Wildman–Crippen LogP) is 1.19. The first kappa shape index (κ1) is 12.2. The number of nitrogens with zero attached hydrogens (tertiary/aromatic N) is 2. The van der Waals surface area contributed by atoms with Crippen molar-refractivity contribution < 1.29 is 5.11 Å². The normalized spacial score (nSPS) is 14.3. The van der Waals surface area contributed by atoms with Crippen molar-refractivity contribution in [3.8, 4) is 0 Å². The molecule has 0 saturated carbocycles. The molecular weight excluding hydrogens is 190 g/mol. The highest BCUT2D eigenvalue weighted by Gasteiger charge is 2.24. The standard InChI is InChI=1S/C11H21N3O/c1-5-14-6-8(9(12)7-15)10(13-14)11(2,3)4/h6,9,15H,5,7,12H2,1-4H3. The van der Waals surface area contributed by atoms with Crippen molar-refractivity contribution in [3.05, 3.63) is 17.5 Å². The highest BCUT2D eigenvalue weighted by molar-refractivity contribution is 5.27. The topological polar surface area (TPSA) is 64.1 Å². The third kappa shape index (κ3) is 2.58. The zero-order chi connectivity index (χ0) is 11.6. The summed E-state index contributed by atoms with van der Waals surface area (Å²) in [4.78, 5) is 0. The van der Waals surface area contributed by atoms with Crippen molar-refractivity contribution in [2.24, 2.45) is 5.73 Å². The molecular formula is C11H21N3O. The van der Waals surface area contributed by atoms with Crippen molar-refractivity contribution in [2.45, 2.75) is 45.7 Å². The molecule has 4 nitrogen and oxygen atoms in total. The molecule has 4 heteroatoms. The van der Waals surface area contributed by atoms with E-state index in [0.29, 0.717) is 0 Å². The number of hydrogen-bond donors (Lipinski definition) is 2. The lowest BCUT2D eigenvalue weighted by molar-refractivity contribution is 0.266. The Morgan fingerprint density at radius 2 is 2.13 bits per heavy atom. The SMILES string of the molecule is CCn1cc(C(N)CO)c(C(C)(C)C)n1. The van der Waals surface area contributed by atoms with Gasteiger partial charge in [0.2, 0.25) is 0 Å². The highest BCUT2D eigenvalue weighted by Crippen LogP contribution is 2.27. The van der Waals surface area contributed by atoms with Gasteiger partial charge in [-0.1, -0.05) is 20.8 Å². The van der Waals surface area contributed by atoms with Crippen molar-refractivity contribution in [1.82, 2.24) is 9.78 Å². The van der Waals surface area contributed by atoms with Gasteiger partial charge in [-0.2, -0.15) is 5.10 Å². The van der Waals surface area contributed by atoms with Crippen LogP contribution in [0, 0.1) is 0 Å². The number of aryl methyl sites for hydroxylation is 1. The predicted molar refractivity (Wildman–Crippen MR) is 60.6 cm³/mol. The minimum Gasteiger partial charge on any atom is -0.394 e. The molecule has 86 valence electrons. The van der Waals surface area contributed by atoms with E-state index in [4.69, 9.17) is 10.8 Å². The fraction of sp³-hybridized carbons (Fsp3) is 0.727. The minimum absolute atomic E-state index is 0.0391.